The van der Waals surface area contributed by atoms with Gasteiger partial charge in [0.25, 0.3) is 5.91 Å². The minimum atomic E-state index is -2.55. The van der Waals surface area contributed by atoms with Crippen molar-refractivity contribution in [3.05, 3.63) is 57.9 Å². The lowest BCUT2D eigenvalue weighted by molar-refractivity contribution is -0.147. The fourth-order valence-electron chi connectivity index (χ4n) is 6.40. The van der Waals surface area contributed by atoms with Crippen molar-refractivity contribution in [2.24, 2.45) is 17.6 Å². The number of carbonyl (C=O) groups excluding carboxylic acids is 3. The Morgan fingerprint density at radius 3 is 2.53 bits per heavy atom. The number of phenolic OH excluding ortho intramolecular Hbond substituents is 1. The van der Waals surface area contributed by atoms with Crippen molar-refractivity contribution < 1.29 is 34.8 Å². The van der Waals surface area contributed by atoms with E-state index in [0.717, 1.165) is 37.0 Å². The molecular weight excluding hydrogens is 464 g/mol. The number of aliphatic hydroxyl groups excluding tert-OH is 2. The molecule has 3 aliphatic carbocycles. The second-order valence-corrected chi connectivity index (χ2v) is 10.3. The van der Waals surface area contributed by atoms with Crippen molar-refractivity contribution in [2.45, 2.75) is 37.8 Å². The molecule has 2 fully saturated rings. The van der Waals surface area contributed by atoms with Crippen LogP contribution in [-0.4, -0.2) is 61.5 Å². The number of ketones is 2. The maximum absolute atomic E-state index is 13.6. The first-order chi connectivity index (χ1) is 17.1. The number of hydrogen-bond acceptors (Lipinski definition) is 8. The van der Waals surface area contributed by atoms with Gasteiger partial charge < -0.3 is 26.2 Å². The number of hydrogen-bond donors (Lipinski definition) is 5. The van der Waals surface area contributed by atoms with Gasteiger partial charge in [0.15, 0.2) is 11.4 Å². The third kappa shape index (κ3) is 2.93. The normalized spacial score (nSPS) is 28.0. The number of benzene rings is 2. The minimum Gasteiger partial charge on any atom is -0.508 e. The monoisotopic (exact) mass is 490 g/mol. The number of nitrogens with zero attached hydrogens (tertiary/aromatic N) is 1. The van der Waals surface area contributed by atoms with Gasteiger partial charge in [-0.2, -0.15) is 0 Å². The van der Waals surface area contributed by atoms with Gasteiger partial charge >= 0.3 is 0 Å². The van der Waals surface area contributed by atoms with Gasteiger partial charge in [-0.3, -0.25) is 19.3 Å². The number of fused-ring (bicyclic) bond motifs is 4. The van der Waals surface area contributed by atoms with E-state index in [-0.39, 0.29) is 29.7 Å². The largest absolute Gasteiger partial charge is 0.508 e. The van der Waals surface area contributed by atoms with E-state index in [1.54, 1.807) is 6.07 Å². The van der Waals surface area contributed by atoms with E-state index >= 15 is 0 Å². The van der Waals surface area contributed by atoms with Gasteiger partial charge in [0.2, 0.25) is 5.78 Å². The van der Waals surface area contributed by atoms with Crippen molar-refractivity contribution in [3.8, 4) is 5.75 Å². The third-order valence-corrected chi connectivity index (χ3v) is 8.34. The third-order valence-electron chi connectivity index (χ3n) is 8.34. The highest BCUT2D eigenvalue weighted by atomic mass is 16.3. The first kappa shape index (κ1) is 22.8. The molecule has 2 aromatic carbocycles. The Balaban J connectivity index is 1.51. The molecule has 186 valence electrons. The SMILES string of the molecule is NC(=O)C1=C(O)[C@@]2(O)C(=O)C3=C(O)c4c(cc5c(CN6CCC6)cccc5c4O)CC3CC2CC1=O. The first-order valence-electron chi connectivity index (χ1n) is 12.1. The number of nitrogens with two attached hydrogens (primary N) is 1. The van der Waals surface area contributed by atoms with Crippen LogP contribution in [0.15, 0.2) is 41.2 Å². The molecule has 9 heteroatoms. The Kier molecular flexibility index (Phi) is 4.84. The molecule has 0 bridgehead atoms. The number of carbonyl (C=O) groups is 3. The Bertz CT molecular complexity index is 1450. The number of aromatic hydroxyl groups is 1. The summed E-state index contributed by atoms with van der Waals surface area (Å²) >= 11 is 0. The van der Waals surface area contributed by atoms with Crippen LogP contribution in [0, 0.1) is 11.8 Å². The van der Waals surface area contributed by atoms with Gasteiger partial charge in [0.05, 0.1) is 5.56 Å². The van der Waals surface area contributed by atoms with Crippen LogP contribution in [0.1, 0.15) is 36.0 Å². The summed E-state index contributed by atoms with van der Waals surface area (Å²) < 4.78 is 0. The molecule has 36 heavy (non-hydrogen) atoms. The zero-order chi connectivity index (χ0) is 25.5. The summed E-state index contributed by atoms with van der Waals surface area (Å²) in [5.41, 5.74) is 3.60. The van der Waals surface area contributed by atoms with Crippen LogP contribution in [0.2, 0.25) is 0 Å². The second kappa shape index (κ2) is 7.65. The summed E-state index contributed by atoms with van der Waals surface area (Å²) in [6, 6.07) is 7.54. The predicted molar refractivity (Wildman–Crippen MR) is 129 cm³/mol. The van der Waals surface area contributed by atoms with Crippen molar-refractivity contribution >= 4 is 34.0 Å². The van der Waals surface area contributed by atoms with E-state index in [2.05, 4.69) is 4.90 Å². The summed E-state index contributed by atoms with van der Waals surface area (Å²) in [7, 11) is 0. The van der Waals surface area contributed by atoms with E-state index in [0.29, 0.717) is 17.4 Å². The molecule has 2 aromatic rings. The summed E-state index contributed by atoms with van der Waals surface area (Å²) in [6.07, 6.45) is 1.25. The molecular formula is C27H26N2O7. The zero-order valence-corrected chi connectivity index (χ0v) is 19.5. The highest BCUT2D eigenvalue weighted by molar-refractivity contribution is 6.22. The maximum atomic E-state index is 13.6. The fraction of sp³-hybridized carbons (Fsp3) is 0.370. The van der Waals surface area contributed by atoms with Gasteiger partial charge in [-0.15, -0.1) is 0 Å². The van der Waals surface area contributed by atoms with Crippen molar-refractivity contribution in [1.29, 1.82) is 0 Å². The zero-order valence-electron chi connectivity index (χ0n) is 19.5. The van der Waals surface area contributed by atoms with Crippen LogP contribution < -0.4 is 5.73 Å². The Labute approximate surface area is 206 Å². The van der Waals surface area contributed by atoms with Crippen LogP contribution in [-0.2, 0) is 27.3 Å². The number of Topliss-reactive ketones (excluding diaryl/α,β-unsaturated/α-hetero) is 2. The van der Waals surface area contributed by atoms with E-state index in [1.165, 1.54) is 0 Å². The molecule has 6 rings (SSSR count). The van der Waals surface area contributed by atoms with Gasteiger partial charge in [-0.1, -0.05) is 18.2 Å². The molecule has 0 spiro atoms. The Morgan fingerprint density at radius 1 is 1.11 bits per heavy atom. The van der Waals surface area contributed by atoms with E-state index in [9.17, 15) is 34.8 Å². The summed E-state index contributed by atoms with van der Waals surface area (Å²) in [5.74, 6) is -6.14. The average molecular weight is 491 g/mol. The maximum Gasteiger partial charge on any atom is 0.255 e. The van der Waals surface area contributed by atoms with Crippen LogP contribution in [0.5, 0.6) is 5.75 Å². The summed E-state index contributed by atoms with van der Waals surface area (Å²) in [6.45, 7) is 2.79. The topological polar surface area (TPSA) is 161 Å². The second-order valence-electron chi connectivity index (χ2n) is 10.3. The molecule has 9 nitrogen and oxygen atoms in total. The number of phenols is 1. The molecule has 1 heterocycles. The molecule has 4 aliphatic rings. The van der Waals surface area contributed by atoms with Gasteiger partial charge in [0.1, 0.15) is 22.8 Å². The summed E-state index contributed by atoms with van der Waals surface area (Å²) in [4.78, 5) is 40.1. The highest BCUT2D eigenvalue weighted by Gasteiger charge is 2.60. The Hall–Kier alpha value is -3.69. The summed E-state index contributed by atoms with van der Waals surface area (Å²) in [5, 5.41) is 45.9. The smallest absolute Gasteiger partial charge is 0.255 e. The number of likely N-dealkylation sites (tertiary alicyclic amines) is 1. The van der Waals surface area contributed by atoms with E-state index in [4.69, 9.17) is 5.73 Å². The molecule has 6 N–H and O–H groups in total. The molecule has 1 saturated heterocycles. The van der Waals surface area contributed by atoms with Gasteiger partial charge in [-0.05, 0) is 60.8 Å². The Morgan fingerprint density at radius 2 is 1.86 bits per heavy atom. The van der Waals surface area contributed by atoms with Crippen LogP contribution in [0.3, 0.4) is 0 Å². The number of primary amides is 1. The van der Waals surface area contributed by atoms with E-state index in [1.807, 2.05) is 18.2 Å². The van der Waals surface area contributed by atoms with Crippen LogP contribution in [0.25, 0.3) is 16.5 Å². The molecule has 3 atom stereocenters. The molecule has 0 aromatic heterocycles. The molecule has 2 unspecified atom stereocenters. The van der Waals surface area contributed by atoms with Crippen molar-refractivity contribution in [2.75, 3.05) is 13.1 Å². The predicted octanol–water partition coefficient (Wildman–Crippen LogP) is 1.78. The number of rotatable bonds is 3. The lowest BCUT2D eigenvalue weighted by Crippen LogP contribution is -2.58. The average Bonchev–Trinajstić information content (AvgIpc) is 2.78. The number of amides is 1. The lowest BCUT2D eigenvalue weighted by atomic mass is 9.59. The lowest BCUT2D eigenvalue weighted by Gasteiger charge is -2.46. The van der Waals surface area contributed by atoms with Gasteiger partial charge in [-0.25, -0.2) is 0 Å². The quantitative estimate of drug-likeness (QED) is 0.407. The van der Waals surface area contributed by atoms with Crippen LogP contribution in [0.4, 0.5) is 0 Å². The number of aliphatic hydroxyl groups is 3. The highest BCUT2D eigenvalue weighted by Crippen LogP contribution is 2.52. The molecule has 1 aliphatic heterocycles. The van der Waals surface area contributed by atoms with E-state index < -0.39 is 52.0 Å². The van der Waals surface area contributed by atoms with Gasteiger partial charge in [0, 0.05) is 29.8 Å². The van der Waals surface area contributed by atoms with Crippen LogP contribution >= 0.6 is 0 Å². The van der Waals surface area contributed by atoms with Crippen molar-refractivity contribution in [1.82, 2.24) is 4.90 Å². The molecule has 0 radical (unpaired) electrons. The van der Waals surface area contributed by atoms with Crippen molar-refractivity contribution in [3.63, 3.8) is 0 Å². The first-order valence-corrected chi connectivity index (χ1v) is 12.1. The minimum absolute atomic E-state index is 0.121. The molecule has 1 saturated carbocycles. The standard InChI is InChI=1S/C27H26N2O7/c28-26(35)21-18(30)10-15-8-13-7-14-9-17-12(11-29-5-2-6-29)3-1-4-16(17)22(31)19(14)23(32)20(13)24(33)27(15,36)25(21)34/h1,3-4,9,13,15,31-32,34,36H,2,5-8,10-11H2,(H2,28,35)/t13?,15?,27-/m0/s1. The molecule has 1 amide bonds. The fourth-order valence-corrected chi connectivity index (χ4v) is 6.40.